The number of hydrogen-bond acceptors (Lipinski definition) is 7. The lowest BCUT2D eigenvalue weighted by Crippen LogP contribution is -2.56. The maximum atomic E-state index is 13.5. The first-order valence-electron chi connectivity index (χ1n) is 12.9. The predicted molar refractivity (Wildman–Crippen MR) is 151 cm³/mol. The standard InChI is InChI=1S/C30H31N3O6S/c34-23-13-11-21(12-14-23)18-26(33-30(38)39-19-22-9-5-2-6-10-22)28(36)32-25(17-20-7-3-1-4-8-20)27(35)31-24-15-16-40-29(24)37/h1-14,24-26,34H,15-19H2,(H,31,35)(H,32,36)(H,33,38)/t24?,25-,26+/m0/s1. The van der Waals surface area contributed by atoms with Gasteiger partial charge in [-0.25, -0.2) is 4.79 Å². The van der Waals surface area contributed by atoms with Gasteiger partial charge >= 0.3 is 6.09 Å². The van der Waals surface area contributed by atoms with Crippen LogP contribution in [-0.4, -0.2) is 52.0 Å². The second-order valence-electron chi connectivity index (χ2n) is 9.40. The molecule has 0 saturated carbocycles. The molecule has 4 rings (SSSR count). The van der Waals surface area contributed by atoms with Crippen molar-refractivity contribution in [2.45, 2.75) is 44.0 Å². The summed E-state index contributed by atoms with van der Waals surface area (Å²) in [5.41, 5.74) is 2.29. The van der Waals surface area contributed by atoms with E-state index in [9.17, 15) is 24.3 Å². The Morgan fingerprint density at radius 3 is 1.98 bits per heavy atom. The molecule has 0 bridgehead atoms. The summed E-state index contributed by atoms with van der Waals surface area (Å²) in [6.07, 6.45) is 0.0146. The van der Waals surface area contributed by atoms with Crippen LogP contribution in [0.5, 0.6) is 5.75 Å². The van der Waals surface area contributed by atoms with Gasteiger partial charge in [-0.15, -0.1) is 0 Å². The van der Waals surface area contributed by atoms with Gasteiger partial charge in [-0.1, -0.05) is 84.6 Å². The number of hydrogen-bond donors (Lipinski definition) is 4. The number of benzene rings is 3. The molecule has 0 aliphatic carbocycles. The minimum absolute atomic E-state index is 0.0205. The van der Waals surface area contributed by atoms with Crippen LogP contribution in [0.1, 0.15) is 23.1 Å². The Morgan fingerprint density at radius 2 is 1.38 bits per heavy atom. The Kier molecular flexibility index (Phi) is 10.2. The van der Waals surface area contributed by atoms with E-state index >= 15 is 0 Å². The van der Waals surface area contributed by atoms with E-state index in [0.717, 1.165) is 11.1 Å². The molecule has 0 aromatic heterocycles. The van der Waals surface area contributed by atoms with Crippen molar-refractivity contribution in [1.29, 1.82) is 0 Å². The van der Waals surface area contributed by atoms with Crippen LogP contribution < -0.4 is 16.0 Å². The van der Waals surface area contributed by atoms with Gasteiger partial charge in [0.1, 0.15) is 24.4 Å². The molecule has 40 heavy (non-hydrogen) atoms. The zero-order chi connectivity index (χ0) is 28.3. The zero-order valence-electron chi connectivity index (χ0n) is 21.7. The van der Waals surface area contributed by atoms with Gasteiger partial charge < -0.3 is 25.8 Å². The lowest BCUT2D eigenvalue weighted by Gasteiger charge is -2.24. The monoisotopic (exact) mass is 561 g/mol. The van der Waals surface area contributed by atoms with Crippen LogP contribution in [0.4, 0.5) is 4.79 Å². The molecule has 1 aliphatic heterocycles. The van der Waals surface area contributed by atoms with Gasteiger partial charge in [0.2, 0.25) is 16.9 Å². The molecular weight excluding hydrogens is 530 g/mol. The number of carbonyl (C=O) groups excluding carboxylic acids is 4. The van der Waals surface area contributed by atoms with Gasteiger partial charge in [0, 0.05) is 18.6 Å². The van der Waals surface area contributed by atoms with Gasteiger partial charge in [-0.05, 0) is 35.2 Å². The van der Waals surface area contributed by atoms with Crippen molar-refractivity contribution >= 4 is 34.8 Å². The summed E-state index contributed by atoms with van der Waals surface area (Å²) < 4.78 is 5.32. The number of ether oxygens (including phenoxy) is 1. The van der Waals surface area contributed by atoms with E-state index in [-0.39, 0.29) is 30.3 Å². The molecule has 1 unspecified atom stereocenters. The van der Waals surface area contributed by atoms with Crippen LogP contribution >= 0.6 is 11.8 Å². The second kappa shape index (κ2) is 14.2. The second-order valence-corrected chi connectivity index (χ2v) is 10.5. The third kappa shape index (κ3) is 8.60. The van der Waals surface area contributed by atoms with E-state index in [1.54, 1.807) is 12.1 Å². The first kappa shape index (κ1) is 28.7. The van der Waals surface area contributed by atoms with Crippen LogP contribution in [0.2, 0.25) is 0 Å². The highest BCUT2D eigenvalue weighted by atomic mass is 32.2. The number of nitrogens with one attached hydrogen (secondary N) is 3. The average Bonchev–Trinajstić information content (AvgIpc) is 3.37. The number of rotatable bonds is 11. The fraction of sp³-hybridized carbons (Fsp3) is 0.267. The molecule has 208 valence electrons. The Hall–Kier alpha value is -4.31. The van der Waals surface area contributed by atoms with Crippen molar-refractivity contribution in [3.8, 4) is 5.75 Å². The smallest absolute Gasteiger partial charge is 0.408 e. The molecule has 1 heterocycles. The first-order valence-corrected chi connectivity index (χ1v) is 13.9. The van der Waals surface area contributed by atoms with E-state index in [1.807, 2.05) is 60.7 Å². The number of carbonyl (C=O) groups is 4. The third-order valence-corrected chi connectivity index (χ3v) is 7.37. The van der Waals surface area contributed by atoms with E-state index in [0.29, 0.717) is 17.7 Å². The number of phenolic OH excluding ortho intramolecular Hbond substituents is 1. The topological polar surface area (TPSA) is 134 Å². The molecule has 1 aliphatic rings. The van der Waals surface area contributed by atoms with Crippen LogP contribution in [-0.2, 0) is 38.6 Å². The summed E-state index contributed by atoms with van der Waals surface area (Å²) in [5.74, 6) is -0.372. The van der Waals surface area contributed by atoms with Crippen molar-refractivity contribution in [1.82, 2.24) is 16.0 Å². The maximum Gasteiger partial charge on any atom is 0.408 e. The van der Waals surface area contributed by atoms with Crippen LogP contribution in [0, 0.1) is 0 Å². The molecule has 0 radical (unpaired) electrons. The van der Waals surface area contributed by atoms with Crippen molar-refractivity contribution in [3.63, 3.8) is 0 Å². The van der Waals surface area contributed by atoms with Crippen LogP contribution in [0.3, 0.4) is 0 Å². The van der Waals surface area contributed by atoms with Gasteiger partial charge in [0.25, 0.3) is 0 Å². The predicted octanol–water partition coefficient (Wildman–Crippen LogP) is 3.11. The highest BCUT2D eigenvalue weighted by Crippen LogP contribution is 2.20. The zero-order valence-corrected chi connectivity index (χ0v) is 22.6. The molecule has 3 aromatic carbocycles. The van der Waals surface area contributed by atoms with Crippen molar-refractivity contribution in [3.05, 3.63) is 102 Å². The summed E-state index contributed by atoms with van der Waals surface area (Å²) in [6, 6.07) is 21.9. The van der Waals surface area contributed by atoms with Gasteiger partial charge in [0.05, 0.1) is 6.04 Å². The highest BCUT2D eigenvalue weighted by molar-refractivity contribution is 8.14. The minimum Gasteiger partial charge on any atom is -0.508 e. The largest absolute Gasteiger partial charge is 0.508 e. The number of amides is 3. The average molecular weight is 562 g/mol. The maximum absolute atomic E-state index is 13.5. The summed E-state index contributed by atoms with van der Waals surface area (Å²) in [4.78, 5) is 51.6. The van der Waals surface area contributed by atoms with Crippen molar-refractivity contribution < 1.29 is 29.0 Å². The molecule has 3 aromatic rings. The summed E-state index contributed by atoms with van der Waals surface area (Å²) in [5, 5.41) is 17.7. The number of aromatic hydroxyl groups is 1. The van der Waals surface area contributed by atoms with E-state index in [2.05, 4.69) is 16.0 Å². The molecule has 9 nitrogen and oxygen atoms in total. The van der Waals surface area contributed by atoms with E-state index in [4.69, 9.17) is 4.74 Å². The number of phenols is 1. The fourth-order valence-electron chi connectivity index (χ4n) is 4.21. The van der Waals surface area contributed by atoms with Crippen LogP contribution in [0.15, 0.2) is 84.9 Å². The molecule has 3 atom stereocenters. The molecule has 3 amide bonds. The Morgan fingerprint density at radius 1 is 0.800 bits per heavy atom. The lowest BCUT2D eigenvalue weighted by molar-refractivity contribution is -0.131. The molecular formula is C30H31N3O6S. The summed E-state index contributed by atoms with van der Waals surface area (Å²) in [7, 11) is 0. The third-order valence-electron chi connectivity index (χ3n) is 6.36. The van der Waals surface area contributed by atoms with Crippen molar-refractivity contribution in [2.24, 2.45) is 0 Å². The SMILES string of the molecule is O=C(N[C@H](Cc1ccc(O)cc1)C(=O)N[C@@H](Cc1ccccc1)C(=O)NC1CCSC1=O)OCc1ccccc1. The minimum atomic E-state index is -1.08. The Balaban J connectivity index is 1.49. The molecule has 10 heteroatoms. The summed E-state index contributed by atoms with van der Waals surface area (Å²) >= 11 is 1.17. The summed E-state index contributed by atoms with van der Waals surface area (Å²) in [6.45, 7) is 0.0205. The van der Waals surface area contributed by atoms with Gasteiger partial charge in [0.15, 0.2) is 0 Å². The Labute approximate surface area is 236 Å². The van der Waals surface area contributed by atoms with Gasteiger partial charge in [-0.2, -0.15) is 0 Å². The normalized spacial score (nSPS) is 16.0. The molecule has 0 spiro atoms. The van der Waals surface area contributed by atoms with E-state index in [1.165, 1.54) is 23.9 Å². The molecule has 4 N–H and O–H groups in total. The highest BCUT2D eigenvalue weighted by Gasteiger charge is 2.32. The van der Waals surface area contributed by atoms with Crippen molar-refractivity contribution in [2.75, 3.05) is 5.75 Å². The van der Waals surface area contributed by atoms with E-state index < -0.39 is 36.0 Å². The molecule has 1 saturated heterocycles. The quantitative estimate of drug-likeness (QED) is 0.283. The number of alkyl carbamates (subject to hydrolysis) is 1. The van der Waals surface area contributed by atoms with Gasteiger partial charge in [-0.3, -0.25) is 14.4 Å². The number of thioether (sulfide) groups is 1. The fourth-order valence-corrected chi connectivity index (χ4v) is 5.15. The first-order chi connectivity index (χ1) is 19.4. The lowest BCUT2D eigenvalue weighted by atomic mass is 10.0. The Bertz CT molecular complexity index is 1300. The molecule has 1 fully saturated rings. The van der Waals surface area contributed by atoms with Crippen LogP contribution in [0.25, 0.3) is 0 Å².